The highest BCUT2D eigenvalue weighted by atomic mass is 35.5. The monoisotopic (exact) mass is 738 g/mol. The van der Waals surface area contributed by atoms with Crippen molar-refractivity contribution in [3.8, 4) is 0 Å². The molecule has 5 saturated carbocycles. The molecule has 51 heavy (non-hydrogen) atoms. The molecule has 1 aromatic rings. The zero-order valence-electron chi connectivity index (χ0n) is 31.9. The van der Waals surface area contributed by atoms with Gasteiger partial charge in [-0.25, -0.2) is 0 Å². The number of rotatable bonds is 6. The predicted octanol–water partition coefficient (Wildman–Crippen LogP) is 9.52. The van der Waals surface area contributed by atoms with Crippen LogP contribution >= 0.6 is 23.2 Å². The van der Waals surface area contributed by atoms with E-state index in [0.29, 0.717) is 90.8 Å². The van der Waals surface area contributed by atoms with Gasteiger partial charge in [-0.3, -0.25) is 19.3 Å². The first kappa shape index (κ1) is 37.4. The molecule has 9 atom stereocenters. The van der Waals surface area contributed by atoms with Crippen LogP contribution in [-0.2, 0) is 14.3 Å². The molecule has 8 heteroatoms. The van der Waals surface area contributed by atoms with Crippen LogP contribution in [0.1, 0.15) is 116 Å². The number of hydrogen-bond donors (Lipinski definition) is 0. The zero-order valence-corrected chi connectivity index (χ0v) is 33.4. The summed E-state index contributed by atoms with van der Waals surface area (Å²) in [5.41, 5.74) is 1.38. The lowest BCUT2D eigenvalue weighted by atomic mass is 9.32. The van der Waals surface area contributed by atoms with E-state index in [2.05, 4.69) is 53.0 Å². The number of fused-ring (bicyclic) bond motifs is 7. The van der Waals surface area contributed by atoms with Crippen LogP contribution in [0.2, 0.25) is 10.0 Å². The normalized spacial score (nSPS) is 40.4. The number of piperazine rings is 1. The number of benzene rings is 1. The number of ether oxygens (including phenoxy) is 1. The fourth-order valence-corrected chi connectivity index (χ4v) is 14.3. The molecule has 0 unspecified atom stereocenters. The van der Waals surface area contributed by atoms with Gasteiger partial charge in [0.1, 0.15) is 12.4 Å². The molecule has 0 aromatic heterocycles. The van der Waals surface area contributed by atoms with Crippen molar-refractivity contribution in [3.05, 3.63) is 46.0 Å². The standard InChI is InChI=1S/C43H60Cl2N2O4/c1-27(2)28-13-18-43(38(50)51-26-25-46-21-23-47(24-22-46)37(49)35-30(44)9-8-10-31(35)45)20-19-41(6)29(36(28)43)11-12-33-40(5)16-15-34(48)39(3,4)32(40)14-17-42(33,41)7/h8-10,28-29,32-33,36H,1,11-26H2,2-7H3/t28-,29+,32-,33+,36+,40-,41+,42+,43-/m0/s1. The Labute approximate surface area is 316 Å². The first-order valence-corrected chi connectivity index (χ1v) is 20.6. The average Bonchev–Trinajstić information content (AvgIpc) is 3.49. The quantitative estimate of drug-likeness (QED) is 0.215. The second-order valence-corrected chi connectivity index (χ2v) is 19.7. The van der Waals surface area contributed by atoms with E-state index in [0.717, 1.165) is 44.9 Å². The smallest absolute Gasteiger partial charge is 0.312 e. The molecular weight excluding hydrogens is 679 g/mol. The van der Waals surface area contributed by atoms with E-state index in [-0.39, 0.29) is 39.5 Å². The maximum absolute atomic E-state index is 14.5. The largest absolute Gasteiger partial charge is 0.464 e. The summed E-state index contributed by atoms with van der Waals surface area (Å²) in [7, 11) is 0. The highest BCUT2D eigenvalue weighted by molar-refractivity contribution is 6.39. The molecule has 6 fully saturated rings. The van der Waals surface area contributed by atoms with Crippen molar-refractivity contribution in [2.24, 2.45) is 56.7 Å². The zero-order chi connectivity index (χ0) is 36.7. The molecule has 0 bridgehead atoms. The summed E-state index contributed by atoms with van der Waals surface area (Å²) >= 11 is 12.6. The molecule has 1 aliphatic heterocycles. The summed E-state index contributed by atoms with van der Waals surface area (Å²) in [5, 5.41) is 0.747. The number of halogens is 2. The number of ketones is 1. The van der Waals surface area contributed by atoms with Crippen molar-refractivity contribution in [3.63, 3.8) is 0 Å². The molecule has 7 rings (SSSR count). The second kappa shape index (κ2) is 13.1. The number of amides is 1. The van der Waals surface area contributed by atoms with Crippen LogP contribution in [0.3, 0.4) is 0 Å². The maximum Gasteiger partial charge on any atom is 0.312 e. The molecule has 0 N–H and O–H groups in total. The Bertz CT molecular complexity index is 1580. The van der Waals surface area contributed by atoms with Gasteiger partial charge < -0.3 is 9.64 Å². The second-order valence-electron chi connectivity index (χ2n) is 18.9. The Morgan fingerprint density at radius 2 is 1.55 bits per heavy atom. The van der Waals surface area contributed by atoms with Gasteiger partial charge in [-0.1, -0.05) is 76.0 Å². The van der Waals surface area contributed by atoms with Crippen LogP contribution in [0.5, 0.6) is 0 Å². The minimum absolute atomic E-state index is 0.0102. The van der Waals surface area contributed by atoms with Crippen molar-refractivity contribution in [1.29, 1.82) is 0 Å². The number of carbonyl (C=O) groups excluding carboxylic acids is 3. The van der Waals surface area contributed by atoms with Gasteiger partial charge in [0.15, 0.2) is 0 Å². The molecule has 1 heterocycles. The molecule has 6 aliphatic rings. The van der Waals surface area contributed by atoms with E-state index in [1.165, 1.54) is 18.4 Å². The van der Waals surface area contributed by atoms with Gasteiger partial charge in [-0.05, 0) is 123 Å². The lowest BCUT2D eigenvalue weighted by Crippen LogP contribution is -2.66. The van der Waals surface area contributed by atoms with Crippen LogP contribution in [0, 0.1) is 56.7 Å². The Kier molecular flexibility index (Phi) is 9.65. The summed E-state index contributed by atoms with van der Waals surface area (Å²) in [5.74, 6) is 2.44. The number of hydrogen-bond acceptors (Lipinski definition) is 5. The lowest BCUT2D eigenvalue weighted by molar-refractivity contribution is -0.236. The summed E-state index contributed by atoms with van der Waals surface area (Å²) in [6.45, 7) is 22.5. The maximum atomic E-state index is 14.5. The Morgan fingerprint density at radius 1 is 0.863 bits per heavy atom. The van der Waals surface area contributed by atoms with Crippen LogP contribution in [0.4, 0.5) is 0 Å². The van der Waals surface area contributed by atoms with Gasteiger partial charge in [0.05, 0.1) is 21.0 Å². The van der Waals surface area contributed by atoms with Crippen LogP contribution in [-0.4, -0.2) is 66.8 Å². The summed E-state index contributed by atoms with van der Waals surface area (Å²) in [4.78, 5) is 44.9. The first-order valence-electron chi connectivity index (χ1n) is 19.8. The van der Waals surface area contributed by atoms with Crippen LogP contribution in [0.25, 0.3) is 0 Å². The minimum Gasteiger partial charge on any atom is -0.464 e. The van der Waals surface area contributed by atoms with Gasteiger partial charge in [0.2, 0.25) is 0 Å². The lowest BCUT2D eigenvalue weighted by Gasteiger charge is -2.72. The van der Waals surface area contributed by atoms with Crippen molar-refractivity contribution < 1.29 is 19.1 Å². The molecule has 5 aliphatic carbocycles. The molecule has 1 amide bonds. The molecule has 1 saturated heterocycles. The van der Waals surface area contributed by atoms with Crippen LogP contribution < -0.4 is 0 Å². The Hall–Kier alpha value is -1.89. The number of Topliss-reactive ketones (excluding diaryl/α,β-unsaturated/α-hetero) is 1. The molecule has 1 aromatic carbocycles. The van der Waals surface area contributed by atoms with Crippen molar-refractivity contribution in [2.75, 3.05) is 39.3 Å². The number of nitrogens with zero attached hydrogens (tertiary/aromatic N) is 2. The molecule has 0 radical (unpaired) electrons. The minimum atomic E-state index is -0.448. The third kappa shape index (κ3) is 5.60. The fourth-order valence-electron chi connectivity index (χ4n) is 13.7. The van der Waals surface area contributed by atoms with E-state index in [1.807, 2.05) is 4.90 Å². The molecule has 280 valence electrons. The highest BCUT2D eigenvalue weighted by Gasteiger charge is 2.72. The van der Waals surface area contributed by atoms with Crippen molar-refractivity contribution >= 4 is 40.9 Å². The van der Waals surface area contributed by atoms with Gasteiger partial charge in [0.25, 0.3) is 5.91 Å². The van der Waals surface area contributed by atoms with E-state index in [4.69, 9.17) is 27.9 Å². The van der Waals surface area contributed by atoms with E-state index < -0.39 is 5.41 Å². The Morgan fingerprint density at radius 3 is 2.22 bits per heavy atom. The van der Waals surface area contributed by atoms with Crippen LogP contribution in [0.15, 0.2) is 30.4 Å². The SMILES string of the molecule is C=C(C)[C@@H]1CC[C@]2(C(=O)OCCN3CCN(C(=O)c4c(Cl)cccc4Cl)CC3)CC[C@]3(C)[C@H](CC[C@@H]4[C@@]5(C)CCC(=O)C(C)(C)[C@@H]5CC[C@]43C)[C@@H]12. The third-order valence-electron chi connectivity index (χ3n) is 16.7. The first-order chi connectivity index (χ1) is 24.0. The average molecular weight is 740 g/mol. The van der Waals surface area contributed by atoms with E-state index in [1.54, 1.807) is 18.2 Å². The molecule has 0 spiro atoms. The van der Waals surface area contributed by atoms with Gasteiger partial charge in [-0.2, -0.15) is 0 Å². The fraction of sp³-hybridized carbons (Fsp3) is 0.744. The number of carbonyl (C=O) groups is 3. The number of allylic oxidation sites excluding steroid dienone is 1. The van der Waals surface area contributed by atoms with Gasteiger partial charge in [-0.15, -0.1) is 0 Å². The third-order valence-corrected chi connectivity index (χ3v) is 17.3. The summed E-state index contributed by atoms with van der Waals surface area (Å²) in [6, 6.07) is 5.14. The van der Waals surface area contributed by atoms with Gasteiger partial charge in [0, 0.05) is 44.6 Å². The topological polar surface area (TPSA) is 66.9 Å². The predicted molar refractivity (Wildman–Crippen MR) is 204 cm³/mol. The van der Waals surface area contributed by atoms with E-state index in [9.17, 15) is 14.4 Å². The van der Waals surface area contributed by atoms with Gasteiger partial charge >= 0.3 is 5.97 Å². The van der Waals surface area contributed by atoms with Crippen molar-refractivity contribution in [2.45, 2.75) is 106 Å². The number of esters is 1. The molecule has 6 nitrogen and oxygen atoms in total. The van der Waals surface area contributed by atoms with E-state index >= 15 is 0 Å². The van der Waals surface area contributed by atoms with Crippen molar-refractivity contribution in [1.82, 2.24) is 9.80 Å². The highest BCUT2D eigenvalue weighted by Crippen LogP contribution is 2.77. The Balaban J connectivity index is 1.04. The summed E-state index contributed by atoms with van der Waals surface area (Å²) in [6.07, 6.45) is 10.2. The summed E-state index contributed by atoms with van der Waals surface area (Å²) < 4.78 is 6.30. The molecular formula is C43H60Cl2N2O4.